The van der Waals surface area contributed by atoms with Crippen molar-refractivity contribution in [3.63, 3.8) is 0 Å². The number of alkyl carbamates (subject to hydrolysis) is 1. The molecule has 10 nitrogen and oxygen atoms in total. The lowest BCUT2D eigenvalue weighted by Crippen LogP contribution is -2.55. The van der Waals surface area contributed by atoms with Crippen molar-refractivity contribution in [2.45, 2.75) is 70.7 Å². The van der Waals surface area contributed by atoms with Gasteiger partial charge in [0.25, 0.3) is 0 Å². The fourth-order valence-electron chi connectivity index (χ4n) is 4.37. The normalized spacial score (nSPS) is 13.4. The van der Waals surface area contributed by atoms with Crippen LogP contribution in [-0.2, 0) is 38.8 Å². The first-order chi connectivity index (χ1) is 20.4. The van der Waals surface area contributed by atoms with Crippen LogP contribution in [0, 0.1) is 23.0 Å². The Bertz CT molecular complexity index is 1350. The van der Waals surface area contributed by atoms with E-state index in [0.717, 1.165) is 17.7 Å². The number of nitrogens with two attached hydrogens (primary N) is 1. The van der Waals surface area contributed by atoms with Crippen LogP contribution in [0.1, 0.15) is 49.8 Å². The second kappa shape index (κ2) is 17.5. The number of aliphatic hydroxyl groups is 1. The standard InChI is InChI=1S/C30H40F2N4O6S/c1-3-5-12-43(40,41)20-27(35-30(39)42-11-7-10-33)29(38)36(18-22-9-6-8-21(4-2)13-22)19-28(37)26(34)16-23-14-24(31)17-25(32)15-23/h6,8-9,13-15,17,26-28,37H,3-5,7,11-12,16,18-20,34H2,1-2H3,(H,35,39)/t26-,27+,28+/m0/s1. The zero-order valence-electron chi connectivity index (χ0n) is 24.5. The van der Waals surface area contributed by atoms with Crippen molar-refractivity contribution < 1.29 is 36.6 Å². The van der Waals surface area contributed by atoms with Gasteiger partial charge in [-0.1, -0.05) is 44.5 Å². The molecule has 4 N–H and O–H groups in total. The lowest BCUT2D eigenvalue weighted by atomic mass is 10.0. The Morgan fingerprint density at radius 1 is 1.12 bits per heavy atom. The number of hydrogen-bond donors (Lipinski definition) is 3. The SMILES string of the molecule is CCCCS(=O)(=O)C[C@@H](NC(=O)OCCC#N)C(=O)N(Cc1cccc(CC)c1)C[C@@H](O)[C@@H](N)Cc1cc(F)cc(F)c1. The summed E-state index contributed by atoms with van der Waals surface area (Å²) in [7, 11) is -3.80. The van der Waals surface area contributed by atoms with Gasteiger partial charge in [0.2, 0.25) is 5.91 Å². The molecule has 2 aromatic carbocycles. The zero-order valence-corrected chi connectivity index (χ0v) is 25.3. The van der Waals surface area contributed by atoms with Gasteiger partial charge < -0.3 is 25.8 Å². The maximum atomic E-state index is 13.9. The molecule has 0 saturated heterocycles. The van der Waals surface area contributed by atoms with Crippen molar-refractivity contribution in [2.24, 2.45) is 5.73 Å². The first-order valence-corrected chi connectivity index (χ1v) is 15.9. The van der Waals surface area contributed by atoms with E-state index in [1.807, 2.05) is 32.0 Å². The molecule has 3 atom stereocenters. The number of amides is 2. The van der Waals surface area contributed by atoms with Crippen molar-refractivity contribution >= 4 is 21.8 Å². The van der Waals surface area contributed by atoms with Gasteiger partial charge in [-0.25, -0.2) is 22.0 Å². The Balaban J connectivity index is 2.38. The monoisotopic (exact) mass is 622 g/mol. The van der Waals surface area contributed by atoms with E-state index in [2.05, 4.69) is 5.32 Å². The van der Waals surface area contributed by atoms with E-state index in [-0.39, 0.29) is 43.9 Å². The lowest BCUT2D eigenvalue weighted by molar-refractivity contribution is -0.135. The Kier molecular flexibility index (Phi) is 14.5. The van der Waals surface area contributed by atoms with Crippen LogP contribution < -0.4 is 11.1 Å². The number of nitrogens with one attached hydrogen (secondary N) is 1. The van der Waals surface area contributed by atoms with Gasteiger partial charge in [-0.2, -0.15) is 5.26 Å². The van der Waals surface area contributed by atoms with E-state index in [0.29, 0.717) is 30.9 Å². The molecule has 43 heavy (non-hydrogen) atoms. The summed E-state index contributed by atoms with van der Waals surface area (Å²) in [6.45, 7) is 3.09. The topological polar surface area (TPSA) is 163 Å². The number of rotatable bonds is 17. The summed E-state index contributed by atoms with van der Waals surface area (Å²) in [5.41, 5.74) is 8.05. The Hall–Kier alpha value is -3.60. The van der Waals surface area contributed by atoms with Crippen LogP contribution >= 0.6 is 0 Å². The fraction of sp³-hybridized carbons (Fsp3) is 0.500. The van der Waals surface area contributed by atoms with Crippen LogP contribution in [-0.4, -0.2) is 73.3 Å². The highest BCUT2D eigenvalue weighted by Gasteiger charge is 2.33. The van der Waals surface area contributed by atoms with E-state index >= 15 is 0 Å². The predicted molar refractivity (Wildman–Crippen MR) is 157 cm³/mol. The summed E-state index contributed by atoms with van der Waals surface area (Å²) in [6.07, 6.45) is -0.990. The van der Waals surface area contributed by atoms with Gasteiger partial charge in [-0.05, 0) is 48.1 Å². The third-order valence-electron chi connectivity index (χ3n) is 6.65. The highest BCUT2D eigenvalue weighted by Crippen LogP contribution is 2.15. The van der Waals surface area contributed by atoms with Crippen molar-refractivity contribution in [3.05, 3.63) is 70.8 Å². The largest absolute Gasteiger partial charge is 0.448 e. The minimum absolute atomic E-state index is 0.0539. The van der Waals surface area contributed by atoms with Crippen molar-refractivity contribution in [1.82, 2.24) is 10.2 Å². The summed E-state index contributed by atoms with van der Waals surface area (Å²) in [6, 6.07) is 9.42. The first kappa shape index (κ1) is 35.6. The van der Waals surface area contributed by atoms with Gasteiger partial charge in [-0.3, -0.25) is 4.79 Å². The van der Waals surface area contributed by atoms with Crippen LogP contribution in [0.2, 0.25) is 0 Å². The van der Waals surface area contributed by atoms with Crippen molar-refractivity contribution in [2.75, 3.05) is 24.7 Å². The molecule has 0 saturated carbocycles. The summed E-state index contributed by atoms with van der Waals surface area (Å²) in [4.78, 5) is 27.6. The van der Waals surface area contributed by atoms with Gasteiger partial charge in [0, 0.05) is 25.2 Å². The van der Waals surface area contributed by atoms with E-state index in [1.54, 1.807) is 12.1 Å². The van der Waals surface area contributed by atoms with E-state index in [4.69, 9.17) is 15.7 Å². The first-order valence-electron chi connectivity index (χ1n) is 14.1. The smallest absolute Gasteiger partial charge is 0.407 e. The number of nitriles is 1. The molecule has 0 radical (unpaired) electrons. The highest BCUT2D eigenvalue weighted by molar-refractivity contribution is 7.91. The summed E-state index contributed by atoms with van der Waals surface area (Å²) in [5, 5.41) is 22.0. The molecule has 0 unspecified atom stereocenters. The average molecular weight is 623 g/mol. The molecule has 2 amide bonds. The van der Waals surface area contributed by atoms with Crippen molar-refractivity contribution in [1.29, 1.82) is 5.26 Å². The Labute approximate surface area is 251 Å². The van der Waals surface area contributed by atoms with Crippen LogP contribution in [0.3, 0.4) is 0 Å². The van der Waals surface area contributed by atoms with E-state index in [1.165, 1.54) is 4.90 Å². The third-order valence-corrected chi connectivity index (χ3v) is 8.40. The van der Waals surface area contributed by atoms with Gasteiger partial charge in [0.1, 0.15) is 24.3 Å². The number of sulfone groups is 1. The van der Waals surface area contributed by atoms with Crippen molar-refractivity contribution in [3.8, 4) is 6.07 Å². The van der Waals surface area contributed by atoms with Gasteiger partial charge in [0.05, 0.1) is 30.1 Å². The number of ether oxygens (including phenoxy) is 1. The van der Waals surface area contributed by atoms with E-state index in [9.17, 15) is 31.9 Å². The van der Waals surface area contributed by atoms with E-state index < -0.39 is 57.4 Å². The number of unbranched alkanes of at least 4 members (excludes halogenated alkanes) is 1. The molecule has 2 rings (SSSR count). The van der Waals surface area contributed by atoms with Gasteiger partial charge in [-0.15, -0.1) is 0 Å². The Morgan fingerprint density at radius 3 is 2.42 bits per heavy atom. The molecule has 0 aliphatic heterocycles. The molecule has 0 bridgehead atoms. The number of halogens is 2. The number of benzene rings is 2. The molecule has 2 aromatic rings. The number of hydrogen-bond acceptors (Lipinski definition) is 8. The molecule has 0 heterocycles. The predicted octanol–water partition coefficient (Wildman–Crippen LogP) is 3.01. The minimum atomic E-state index is -3.80. The Morgan fingerprint density at radius 2 is 1.79 bits per heavy atom. The maximum Gasteiger partial charge on any atom is 0.407 e. The quantitative estimate of drug-likeness (QED) is 0.227. The van der Waals surface area contributed by atoms with Crippen LogP contribution in [0.15, 0.2) is 42.5 Å². The summed E-state index contributed by atoms with van der Waals surface area (Å²) >= 11 is 0. The lowest BCUT2D eigenvalue weighted by Gasteiger charge is -2.31. The molecule has 0 aliphatic rings. The molecule has 13 heteroatoms. The number of aliphatic hydroxyl groups excluding tert-OH is 1. The van der Waals surface area contributed by atoms with Gasteiger partial charge in [0.15, 0.2) is 9.84 Å². The molecule has 0 fully saturated rings. The summed E-state index contributed by atoms with van der Waals surface area (Å²) < 4.78 is 58.0. The molecule has 0 spiro atoms. The highest BCUT2D eigenvalue weighted by atomic mass is 32.2. The molecule has 236 valence electrons. The number of aryl methyl sites for hydroxylation is 1. The second-order valence-corrected chi connectivity index (χ2v) is 12.5. The van der Waals surface area contributed by atoms with Crippen LogP contribution in [0.25, 0.3) is 0 Å². The van der Waals surface area contributed by atoms with Crippen LogP contribution in [0.4, 0.5) is 13.6 Å². The second-order valence-electron chi connectivity index (χ2n) is 10.3. The van der Waals surface area contributed by atoms with Gasteiger partial charge >= 0.3 is 6.09 Å². The number of carbonyl (C=O) groups excluding carboxylic acids is 2. The maximum absolute atomic E-state index is 13.9. The molecule has 0 aliphatic carbocycles. The molecular formula is C30H40F2N4O6S. The third kappa shape index (κ3) is 12.7. The summed E-state index contributed by atoms with van der Waals surface area (Å²) in [5.74, 6) is -3.32. The number of carbonyl (C=O) groups is 2. The zero-order chi connectivity index (χ0) is 32.0. The minimum Gasteiger partial charge on any atom is -0.448 e. The fourth-order valence-corrected chi connectivity index (χ4v) is 6.00. The molecule has 0 aromatic heterocycles. The number of nitrogens with zero attached hydrogens (tertiary/aromatic N) is 2. The average Bonchev–Trinajstić information content (AvgIpc) is 2.94. The molecular weight excluding hydrogens is 582 g/mol. The van der Waals surface area contributed by atoms with Crippen LogP contribution in [0.5, 0.6) is 0 Å².